The Bertz CT molecular complexity index is 673. The van der Waals surface area contributed by atoms with Crippen LogP contribution in [-0.4, -0.2) is 16.5 Å². The lowest BCUT2D eigenvalue weighted by atomic mass is 10.2. The lowest BCUT2D eigenvalue weighted by Crippen LogP contribution is -2.08. The molecule has 0 radical (unpaired) electrons. The summed E-state index contributed by atoms with van der Waals surface area (Å²) >= 11 is 9.80. The summed E-state index contributed by atoms with van der Waals surface area (Å²) in [5, 5.41) is 4.11. The van der Waals surface area contributed by atoms with Crippen LogP contribution in [-0.2, 0) is 12.8 Å². The second-order valence-electron chi connectivity index (χ2n) is 5.23. The normalized spacial score (nSPS) is 13.3. The first-order valence-corrected chi connectivity index (χ1v) is 8.45. The molecule has 0 amide bonds. The molecule has 0 spiro atoms. The van der Waals surface area contributed by atoms with Gasteiger partial charge in [0.05, 0.1) is 5.02 Å². The van der Waals surface area contributed by atoms with E-state index >= 15 is 0 Å². The summed E-state index contributed by atoms with van der Waals surface area (Å²) in [6, 6.07) is 5.77. The van der Waals surface area contributed by atoms with Crippen LogP contribution in [0.1, 0.15) is 31.0 Å². The van der Waals surface area contributed by atoms with Gasteiger partial charge in [-0.25, -0.2) is 9.97 Å². The fourth-order valence-corrected chi connectivity index (χ4v) is 3.17. The van der Waals surface area contributed by atoms with Crippen molar-refractivity contribution in [2.45, 2.75) is 32.6 Å². The first kappa shape index (κ1) is 14.8. The number of fused-ring (bicyclic) bond motifs is 1. The molecule has 21 heavy (non-hydrogen) atoms. The van der Waals surface area contributed by atoms with Crippen LogP contribution in [0.2, 0.25) is 5.02 Å². The number of anilines is 1. The van der Waals surface area contributed by atoms with E-state index in [4.69, 9.17) is 21.6 Å². The molecule has 0 unspecified atom stereocenters. The number of benzene rings is 1. The van der Waals surface area contributed by atoms with Gasteiger partial charge in [-0.05, 0) is 43.9 Å². The standard InChI is InChI=1S/C16H17BrClN3/c1-2-8-19-15-11-4-3-5-14(11)20-16(21-15)12-9-10(17)6-7-13(12)18/h6-7,9H,2-5,8H2,1H3,(H,19,20,21). The second kappa shape index (κ2) is 6.32. The van der Waals surface area contributed by atoms with Crippen LogP contribution < -0.4 is 5.32 Å². The molecular formula is C16H17BrClN3. The average molecular weight is 367 g/mol. The van der Waals surface area contributed by atoms with Gasteiger partial charge in [0.2, 0.25) is 0 Å². The summed E-state index contributed by atoms with van der Waals surface area (Å²) in [5.74, 6) is 1.69. The molecule has 1 aromatic carbocycles. The Balaban J connectivity index is 2.08. The molecule has 110 valence electrons. The molecule has 5 heteroatoms. The molecule has 1 aliphatic rings. The van der Waals surface area contributed by atoms with E-state index in [0.717, 1.165) is 53.8 Å². The minimum absolute atomic E-state index is 0.678. The molecule has 0 aliphatic heterocycles. The lowest BCUT2D eigenvalue weighted by molar-refractivity contribution is 0.899. The molecule has 0 saturated carbocycles. The molecule has 3 nitrogen and oxygen atoms in total. The summed E-state index contributed by atoms with van der Waals surface area (Å²) < 4.78 is 0.981. The summed E-state index contributed by atoms with van der Waals surface area (Å²) in [6.07, 6.45) is 4.32. The number of rotatable bonds is 4. The molecule has 2 aromatic rings. The Morgan fingerprint density at radius 3 is 2.95 bits per heavy atom. The van der Waals surface area contributed by atoms with Crippen molar-refractivity contribution in [1.29, 1.82) is 0 Å². The Labute approximate surface area is 138 Å². The summed E-state index contributed by atoms with van der Waals surface area (Å²) in [5.41, 5.74) is 3.31. The van der Waals surface area contributed by atoms with Gasteiger partial charge in [0.1, 0.15) is 5.82 Å². The van der Waals surface area contributed by atoms with Gasteiger partial charge >= 0.3 is 0 Å². The zero-order valence-corrected chi connectivity index (χ0v) is 14.3. The minimum atomic E-state index is 0.678. The minimum Gasteiger partial charge on any atom is -0.370 e. The monoisotopic (exact) mass is 365 g/mol. The predicted octanol–water partition coefficient (Wildman–Crippen LogP) is 4.87. The SMILES string of the molecule is CCCNc1nc(-c2cc(Br)ccc2Cl)nc2c1CCC2. The van der Waals surface area contributed by atoms with Crippen molar-refractivity contribution < 1.29 is 0 Å². The lowest BCUT2D eigenvalue weighted by Gasteiger charge is -2.12. The molecule has 1 aliphatic carbocycles. The van der Waals surface area contributed by atoms with E-state index in [2.05, 4.69) is 28.2 Å². The molecule has 3 rings (SSSR count). The van der Waals surface area contributed by atoms with Crippen molar-refractivity contribution in [3.8, 4) is 11.4 Å². The largest absolute Gasteiger partial charge is 0.370 e. The van der Waals surface area contributed by atoms with Gasteiger partial charge in [0.15, 0.2) is 5.82 Å². The van der Waals surface area contributed by atoms with Gasteiger partial charge in [-0.3, -0.25) is 0 Å². The number of halogens is 2. The third-order valence-corrected chi connectivity index (χ3v) is 4.47. The van der Waals surface area contributed by atoms with Crippen LogP contribution in [0, 0.1) is 0 Å². The van der Waals surface area contributed by atoms with E-state index in [0.29, 0.717) is 10.8 Å². The molecule has 0 fully saturated rings. The zero-order chi connectivity index (χ0) is 14.8. The molecule has 1 heterocycles. The number of aromatic nitrogens is 2. The smallest absolute Gasteiger partial charge is 0.163 e. The van der Waals surface area contributed by atoms with Crippen LogP contribution in [0.25, 0.3) is 11.4 Å². The molecule has 0 atom stereocenters. The van der Waals surface area contributed by atoms with Crippen molar-refractivity contribution in [1.82, 2.24) is 9.97 Å². The van der Waals surface area contributed by atoms with Gasteiger partial charge in [-0.15, -0.1) is 0 Å². The maximum absolute atomic E-state index is 6.32. The van der Waals surface area contributed by atoms with Crippen molar-refractivity contribution in [3.05, 3.63) is 39.0 Å². The molecule has 0 bridgehead atoms. The third-order valence-electron chi connectivity index (χ3n) is 3.64. The zero-order valence-electron chi connectivity index (χ0n) is 11.9. The number of hydrogen-bond donors (Lipinski definition) is 1. The third kappa shape index (κ3) is 3.06. The van der Waals surface area contributed by atoms with Crippen LogP contribution >= 0.6 is 27.5 Å². The fraction of sp³-hybridized carbons (Fsp3) is 0.375. The first-order valence-electron chi connectivity index (χ1n) is 7.28. The highest BCUT2D eigenvalue weighted by Gasteiger charge is 2.20. The van der Waals surface area contributed by atoms with E-state index in [1.807, 2.05) is 18.2 Å². The first-order chi connectivity index (χ1) is 10.2. The highest BCUT2D eigenvalue weighted by Crippen LogP contribution is 2.33. The highest BCUT2D eigenvalue weighted by atomic mass is 79.9. The van der Waals surface area contributed by atoms with Gasteiger partial charge in [0, 0.05) is 27.8 Å². The van der Waals surface area contributed by atoms with Crippen molar-refractivity contribution in [2.24, 2.45) is 0 Å². The van der Waals surface area contributed by atoms with Crippen LogP contribution in [0.4, 0.5) is 5.82 Å². The van der Waals surface area contributed by atoms with Gasteiger partial charge in [0.25, 0.3) is 0 Å². The highest BCUT2D eigenvalue weighted by molar-refractivity contribution is 9.10. The Kier molecular flexibility index (Phi) is 4.45. The number of hydrogen-bond acceptors (Lipinski definition) is 3. The van der Waals surface area contributed by atoms with Crippen LogP contribution in [0.5, 0.6) is 0 Å². The molecule has 1 aromatic heterocycles. The van der Waals surface area contributed by atoms with Crippen molar-refractivity contribution in [3.63, 3.8) is 0 Å². The van der Waals surface area contributed by atoms with Crippen LogP contribution in [0.15, 0.2) is 22.7 Å². The number of nitrogens with one attached hydrogen (secondary N) is 1. The van der Waals surface area contributed by atoms with E-state index in [9.17, 15) is 0 Å². The Morgan fingerprint density at radius 1 is 1.29 bits per heavy atom. The Morgan fingerprint density at radius 2 is 2.14 bits per heavy atom. The number of aryl methyl sites for hydroxylation is 1. The molecular weight excluding hydrogens is 350 g/mol. The number of nitrogens with zero attached hydrogens (tertiary/aromatic N) is 2. The van der Waals surface area contributed by atoms with E-state index in [-0.39, 0.29) is 0 Å². The maximum atomic E-state index is 6.32. The van der Waals surface area contributed by atoms with Gasteiger partial charge in [-0.1, -0.05) is 34.5 Å². The van der Waals surface area contributed by atoms with Crippen molar-refractivity contribution in [2.75, 3.05) is 11.9 Å². The van der Waals surface area contributed by atoms with E-state index < -0.39 is 0 Å². The quantitative estimate of drug-likeness (QED) is 0.839. The maximum Gasteiger partial charge on any atom is 0.163 e. The van der Waals surface area contributed by atoms with Crippen molar-refractivity contribution >= 4 is 33.3 Å². The van der Waals surface area contributed by atoms with Gasteiger partial charge in [-0.2, -0.15) is 0 Å². The summed E-state index contributed by atoms with van der Waals surface area (Å²) in [4.78, 5) is 9.46. The molecule has 0 saturated heterocycles. The van der Waals surface area contributed by atoms with Gasteiger partial charge < -0.3 is 5.32 Å². The van der Waals surface area contributed by atoms with E-state index in [1.54, 1.807) is 0 Å². The van der Waals surface area contributed by atoms with Crippen LogP contribution in [0.3, 0.4) is 0 Å². The predicted molar refractivity (Wildman–Crippen MR) is 91.0 cm³/mol. The topological polar surface area (TPSA) is 37.8 Å². The van der Waals surface area contributed by atoms with E-state index in [1.165, 1.54) is 5.56 Å². The summed E-state index contributed by atoms with van der Waals surface area (Å²) in [6.45, 7) is 3.08. The summed E-state index contributed by atoms with van der Waals surface area (Å²) in [7, 11) is 0. The molecule has 1 N–H and O–H groups in total. The fourth-order valence-electron chi connectivity index (χ4n) is 2.61. The Hall–Kier alpha value is -1.13. The average Bonchev–Trinajstić information content (AvgIpc) is 2.95. The second-order valence-corrected chi connectivity index (χ2v) is 6.55.